The molecule has 0 atom stereocenters. The number of hydrogen-bond donors (Lipinski definition) is 1. The van der Waals surface area contributed by atoms with Crippen LogP contribution in [0.1, 0.15) is 36.0 Å². The summed E-state index contributed by atoms with van der Waals surface area (Å²) in [7, 11) is 0. The Kier molecular flexibility index (Phi) is 4.53. The fourth-order valence-electron chi connectivity index (χ4n) is 1.94. The second-order valence-electron chi connectivity index (χ2n) is 4.70. The molecule has 0 saturated heterocycles. The molecular weight excluding hydrogens is 302 g/mol. The van der Waals surface area contributed by atoms with Crippen LogP contribution in [-0.2, 0) is 12.8 Å². The summed E-state index contributed by atoms with van der Waals surface area (Å²) in [5.41, 5.74) is 9.39. The van der Waals surface area contributed by atoms with Crippen LogP contribution in [0.2, 0.25) is 0 Å². The maximum atomic E-state index is 5.93. The van der Waals surface area contributed by atoms with Crippen molar-refractivity contribution in [1.82, 2.24) is 9.97 Å². The number of nitrogens with zero attached hydrogens (tertiary/aromatic N) is 2. The maximum absolute atomic E-state index is 5.93. The molecule has 4 heteroatoms. The predicted molar refractivity (Wildman–Crippen MR) is 82.1 cm³/mol. The molecule has 0 aliphatic heterocycles. The molecular formula is C15H18BrN3. The fraction of sp³-hybridized carbons (Fsp3) is 0.333. The van der Waals surface area contributed by atoms with E-state index in [1.54, 1.807) is 0 Å². The Hall–Kier alpha value is -1.42. The second-order valence-corrected chi connectivity index (χ2v) is 5.49. The zero-order chi connectivity index (χ0) is 13.8. The highest BCUT2D eigenvalue weighted by Gasteiger charge is 2.09. The first-order chi connectivity index (χ1) is 9.10. The van der Waals surface area contributed by atoms with Gasteiger partial charge in [0.2, 0.25) is 0 Å². The van der Waals surface area contributed by atoms with Gasteiger partial charge in [0, 0.05) is 6.42 Å². The van der Waals surface area contributed by atoms with Crippen LogP contribution in [0.5, 0.6) is 0 Å². The predicted octanol–water partition coefficient (Wildman–Crippen LogP) is 3.67. The van der Waals surface area contributed by atoms with Crippen molar-refractivity contribution < 1.29 is 0 Å². The zero-order valence-electron chi connectivity index (χ0n) is 11.3. The van der Waals surface area contributed by atoms with Crippen LogP contribution in [0.25, 0.3) is 0 Å². The van der Waals surface area contributed by atoms with Crippen molar-refractivity contribution in [3.8, 4) is 0 Å². The molecule has 2 rings (SSSR count). The average molecular weight is 320 g/mol. The number of rotatable bonds is 4. The van der Waals surface area contributed by atoms with E-state index in [9.17, 15) is 0 Å². The summed E-state index contributed by atoms with van der Waals surface area (Å²) in [6.45, 7) is 4.21. The van der Waals surface area contributed by atoms with E-state index in [1.165, 1.54) is 11.1 Å². The third kappa shape index (κ3) is 3.53. The van der Waals surface area contributed by atoms with Crippen LogP contribution in [0.4, 0.5) is 5.82 Å². The van der Waals surface area contributed by atoms with Crippen LogP contribution in [0, 0.1) is 6.92 Å². The largest absolute Gasteiger partial charge is 0.383 e. The summed E-state index contributed by atoms with van der Waals surface area (Å²) < 4.78 is 0.835. The number of aryl methyl sites for hydroxylation is 2. The van der Waals surface area contributed by atoms with Gasteiger partial charge in [0.1, 0.15) is 11.6 Å². The third-order valence-corrected chi connectivity index (χ3v) is 3.83. The fourth-order valence-corrected chi connectivity index (χ4v) is 2.31. The van der Waals surface area contributed by atoms with Gasteiger partial charge in [-0.05, 0) is 34.8 Å². The highest BCUT2D eigenvalue weighted by Crippen LogP contribution is 2.23. The summed E-state index contributed by atoms with van der Waals surface area (Å²) in [5.74, 6) is 1.31. The standard InChI is InChI=1S/C15H18BrN3/c1-3-4-12-14(16)15(17)19-13(18-12)9-11-7-5-10(2)6-8-11/h5-8H,3-4,9H2,1-2H3,(H2,17,18,19). The molecule has 0 bridgehead atoms. The first-order valence-corrected chi connectivity index (χ1v) is 7.25. The van der Waals surface area contributed by atoms with E-state index in [-0.39, 0.29) is 0 Å². The molecule has 19 heavy (non-hydrogen) atoms. The Morgan fingerprint density at radius 3 is 2.47 bits per heavy atom. The molecule has 0 aliphatic carbocycles. The molecule has 0 spiro atoms. The number of benzene rings is 1. The number of anilines is 1. The minimum Gasteiger partial charge on any atom is -0.383 e. The van der Waals surface area contributed by atoms with Crippen molar-refractivity contribution in [3.05, 3.63) is 51.4 Å². The normalized spacial score (nSPS) is 10.7. The van der Waals surface area contributed by atoms with E-state index in [4.69, 9.17) is 5.73 Å². The molecule has 1 heterocycles. The Morgan fingerprint density at radius 1 is 1.16 bits per heavy atom. The lowest BCUT2D eigenvalue weighted by Gasteiger charge is -2.08. The second kappa shape index (κ2) is 6.15. The van der Waals surface area contributed by atoms with Gasteiger partial charge in [-0.15, -0.1) is 0 Å². The van der Waals surface area contributed by atoms with E-state index < -0.39 is 0 Å². The average Bonchev–Trinajstić information content (AvgIpc) is 2.38. The smallest absolute Gasteiger partial charge is 0.141 e. The lowest BCUT2D eigenvalue weighted by atomic mass is 10.1. The molecule has 0 fully saturated rings. The van der Waals surface area contributed by atoms with Gasteiger partial charge in [-0.1, -0.05) is 43.2 Å². The van der Waals surface area contributed by atoms with Gasteiger partial charge in [0.15, 0.2) is 0 Å². The molecule has 0 unspecified atom stereocenters. The number of nitrogens with two attached hydrogens (primary N) is 1. The Labute approximate surface area is 122 Å². The highest BCUT2D eigenvalue weighted by atomic mass is 79.9. The van der Waals surface area contributed by atoms with Crippen molar-refractivity contribution in [1.29, 1.82) is 0 Å². The monoisotopic (exact) mass is 319 g/mol. The summed E-state index contributed by atoms with van der Waals surface area (Å²) in [6, 6.07) is 8.42. The number of hydrogen-bond acceptors (Lipinski definition) is 3. The van der Waals surface area contributed by atoms with Crippen LogP contribution < -0.4 is 5.73 Å². The first-order valence-electron chi connectivity index (χ1n) is 6.46. The Balaban J connectivity index is 2.27. The first kappa shape index (κ1) is 14.0. The van der Waals surface area contributed by atoms with Crippen LogP contribution in [-0.4, -0.2) is 9.97 Å². The molecule has 0 amide bonds. The van der Waals surface area contributed by atoms with E-state index in [0.29, 0.717) is 12.2 Å². The summed E-state index contributed by atoms with van der Waals surface area (Å²) in [4.78, 5) is 8.96. The van der Waals surface area contributed by atoms with Gasteiger partial charge in [0.25, 0.3) is 0 Å². The van der Waals surface area contributed by atoms with Crippen molar-refractivity contribution in [3.63, 3.8) is 0 Å². The summed E-state index contributed by atoms with van der Waals surface area (Å²) in [6.07, 6.45) is 2.67. The van der Waals surface area contributed by atoms with Crippen LogP contribution in [0.15, 0.2) is 28.7 Å². The molecule has 3 nitrogen and oxygen atoms in total. The van der Waals surface area contributed by atoms with Crippen molar-refractivity contribution in [2.75, 3.05) is 5.73 Å². The minimum atomic E-state index is 0.528. The van der Waals surface area contributed by atoms with Gasteiger partial charge in [-0.3, -0.25) is 0 Å². The van der Waals surface area contributed by atoms with Crippen LogP contribution in [0.3, 0.4) is 0 Å². The van der Waals surface area contributed by atoms with Crippen molar-refractivity contribution in [2.45, 2.75) is 33.1 Å². The molecule has 100 valence electrons. The number of aromatic nitrogens is 2. The molecule has 1 aromatic heterocycles. The Morgan fingerprint density at radius 2 is 1.84 bits per heavy atom. The van der Waals surface area contributed by atoms with Gasteiger partial charge < -0.3 is 5.73 Å². The van der Waals surface area contributed by atoms with Gasteiger partial charge in [-0.25, -0.2) is 9.97 Å². The van der Waals surface area contributed by atoms with E-state index in [1.807, 2.05) is 0 Å². The minimum absolute atomic E-state index is 0.528. The van der Waals surface area contributed by atoms with Gasteiger partial charge in [0.05, 0.1) is 10.2 Å². The molecule has 0 aliphatic rings. The molecule has 1 aromatic carbocycles. The maximum Gasteiger partial charge on any atom is 0.141 e. The lowest BCUT2D eigenvalue weighted by Crippen LogP contribution is -2.06. The van der Waals surface area contributed by atoms with E-state index in [2.05, 4.69) is 64.0 Å². The van der Waals surface area contributed by atoms with E-state index >= 15 is 0 Å². The molecule has 0 saturated carbocycles. The van der Waals surface area contributed by atoms with Crippen LogP contribution >= 0.6 is 15.9 Å². The molecule has 0 radical (unpaired) electrons. The highest BCUT2D eigenvalue weighted by molar-refractivity contribution is 9.10. The lowest BCUT2D eigenvalue weighted by molar-refractivity contribution is 0.837. The Bertz CT molecular complexity index is 564. The van der Waals surface area contributed by atoms with Gasteiger partial charge >= 0.3 is 0 Å². The van der Waals surface area contributed by atoms with Gasteiger partial charge in [-0.2, -0.15) is 0 Å². The van der Waals surface area contributed by atoms with Crippen molar-refractivity contribution in [2.24, 2.45) is 0 Å². The van der Waals surface area contributed by atoms with E-state index in [0.717, 1.165) is 28.8 Å². The SMILES string of the molecule is CCCc1nc(Cc2ccc(C)cc2)nc(N)c1Br. The quantitative estimate of drug-likeness (QED) is 0.935. The molecule has 2 N–H and O–H groups in total. The topological polar surface area (TPSA) is 51.8 Å². The summed E-state index contributed by atoms with van der Waals surface area (Å²) in [5, 5.41) is 0. The third-order valence-electron chi connectivity index (χ3n) is 2.96. The number of nitrogen functional groups attached to an aromatic ring is 1. The van der Waals surface area contributed by atoms with Crippen molar-refractivity contribution >= 4 is 21.7 Å². The summed E-state index contributed by atoms with van der Waals surface area (Å²) >= 11 is 3.46. The zero-order valence-corrected chi connectivity index (χ0v) is 12.9. The molecule has 2 aromatic rings. The number of halogens is 1.